The number of ether oxygens (including phenoxy) is 1. The monoisotopic (exact) mass is 444 g/mol. The molecule has 3 N–H and O–H groups in total. The first-order valence-corrected chi connectivity index (χ1v) is 10.6. The highest BCUT2D eigenvalue weighted by Crippen LogP contribution is 2.44. The number of carbonyl (C=O) groups is 3. The summed E-state index contributed by atoms with van der Waals surface area (Å²) < 4.78 is 5.45. The van der Waals surface area contributed by atoms with Crippen LogP contribution in [0.4, 0.5) is 10.5 Å². The van der Waals surface area contributed by atoms with Crippen molar-refractivity contribution in [2.75, 3.05) is 11.9 Å². The van der Waals surface area contributed by atoms with E-state index < -0.39 is 30.4 Å². The van der Waals surface area contributed by atoms with E-state index in [0.29, 0.717) is 5.69 Å². The molecule has 33 heavy (non-hydrogen) atoms. The predicted molar refractivity (Wildman–Crippen MR) is 124 cm³/mol. The highest BCUT2D eigenvalue weighted by molar-refractivity contribution is 5.99. The number of carbonyl (C=O) groups excluding carboxylic acids is 2. The molecule has 1 atom stereocenters. The Morgan fingerprint density at radius 2 is 1.48 bits per heavy atom. The maximum atomic E-state index is 12.7. The molecule has 1 aliphatic carbocycles. The number of hydrogen-bond acceptors (Lipinski definition) is 4. The van der Waals surface area contributed by atoms with E-state index in [9.17, 15) is 19.5 Å². The Kier molecular flexibility index (Phi) is 6.40. The highest BCUT2D eigenvalue weighted by atomic mass is 16.5. The van der Waals surface area contributed by atoms with Crippen molar-refractivity contribution < 1.29 is 24.2 Å². The molecule has 0 aliphatic heterocycles. The van der Waals surface area contributed by atoms with Crippen molar-refractivity contribution >= 4 is 23.7 Å². The molecule has 168 valence electrons. The van der Waals surface area contributed by atoms with Crippen LogP contribution >= 0.6 is 0 Å². The number of amides is 2. The van der Waals surface area contributed by atoms with E-state index in [0.717, 1.165) is 27.8 Å². The third kappa shape index (κ3) is 4.87. The molecule has 0 fully saturated rings. The van der Waals surface area contributed by atoms with Crippen LogP contribution in [0.25, 0.3) is 11.1 Å². The van der Waals surface area contributed by atoms with Crippen molar-refractivity contribution in [2.24, 2.45) is 0 Å². The zero-order chi connectivity index (χ0) is 23.4. The Balaban J connectivity index is 1.43. The fraction of sp³-hybridized carbons (Fsp3) is 0.192. The zero-order valence-electron chi connectivity index (χ0n) is 18.1. The van der Waals surface area contributed by atoms with Crippen LogP contribution in [0, 0.1) is 6.92 Å². The number of alkyl carbamates (subject to hydrolysis) is 1. The number of benzene rings is 3. The summed E-state index contributed by atoms with van der Waals surface area (Å²) in [6.07, 6.45) is -1.41. The van der Waals surface area contributed by atoms with E-state index in [1.807, 2.05) is 67.6 Å². The molecule has 2 amide bonds. The van der Waals surface area contributed by atoms with Gasteiger partial charge in [-0.2, -0.15) is 0 Å². The lowest BCUT2D eigenvalue weighted by molar-refractivity contribution is -0.139. The van der Waals surface area contributed by atoms with E-state index in [1.165, 1.54) is 0 Å². The largest absolute Gasteiger partial charge is 0.481 e. The van der Waals surface area contributed by atoms with Gasteiger partial charge in [0.15, 0.2) is 0 Å². The molecule has 7 heteroatoms. The number of aryl methyl sites for hydroxylation is 1. The molecule has 0 saturated carbocycles. The predicted octanol–water partition coefficient (Wildman–Crippen LogP) is 4.32. The Morgan fingerprint density at radius 3 is 2.09 bits per heavy atom. The van der Waals surface area contributed by atoms with Gasteiger partial charge in [0.1, 0.15) is 12.6 Å². The molecule has 1 aliphatic rings. The van der Waals surface area contributed by atoms with Crippen LogP contribution in [0.2, 0.25) is 0 Å². The van der Waals surface area contributed by atoms with Crippen molar-refractivity contribution in [1.29, 1.82) is 0 Å². The van der Waals surface area contributed by atoms with Crippen LogP contribution < -0.4 is 10.6 Å². The standard InChI is InChI=1S/C26H24N2O5/c1-16-8-2-7-13-22(16)27-25(31)23(14-24(29)30)28-26(32)33-15-21-19-11-5-3-9-17(19)18-10-4-6-12-20(18)21/h2-13,21,23H,14-15H2,1H3,(H,27,31)(H,28,32)(H,29,30). The van der Waals surface area contributed by atoms with Gasteiger partial charge in [0.2, 0.25) is 5.91 Å². The van der Waals surface area contributed by atoms with Crippen LogP contribution in [0.15, 0.2) is 72.8 Å². The molecule has 0 heterocycles. The number of anilines is 1. The van der Waals surface area contributed by atoms with Crippen molar-refractivity contribution in [2.45, 2.75) is 25.3 Å². The summed E-state index contributed by atoms with van der Waals surface area (Å²) in [6.45, 7) is 1.89. The average Bonchev–Trinajstić information content (AvgIpc) is 3.12. The summed E-state index contributed by atoms with van der Waals surface area (Å²) in [5.41, 5.74) is 5.69. The van der Waals surface area contributed by atoms with Gasteiger partial charge in [0.05, 0.1) is 6.42 Å². The fourth-order valence-corrected chi connectivity index (χ4v) is 4.10. The molecule has 0 bridgehead atoms. The van der Waals surface area contributed by atoms with Crippen LogP contribution in [-0.4, -0.2) is 35.7 Å². The van der Waals surface area contributed by atoms with Gasteiger partial charge in [0, 0.05) is 11.6 Å². The third-order valence-corrected chi connectivity index (χ3v) is 5.73. The Bertz CT molecular complexity index is 1160. The van der Waals surface area contributed by atoms with Crippen LogP contribution in [0.1, 0.15) is 29.0 Å². The number of rotatable bonds is 7. The van der Waals surface area contributed by atoms with E-state index in [-0.39, 0.29) is 12.5 Å². The Hall–Kier alpha value is -4.13. The van der Waals surface area contributed by atoms with Crippen LogP contribution in [0.3, 0.4) is 0 Å². The molecule has 3 aromatic carbocycles. The molecule has 0 saturated heterocycles. The minimum absolute atomic E-state index is 0.0685. The number of nitrogens with one attached hydrogen (secondary N) is 2. The van der Waals surface area contributed by atoms with Crippen molar-refractivity contribution in [3.8, 4) is 11.1 Å². The Morgan fingerprint density at radius 1 is 0.909 bits per heavy atom. The maximum absolute atomic E-state index is 12.7. The van der Waals surface area contributed by atoms with Gasteiger partial charge < -0.3 is 20.5 Å². The first-order chi connectivity index (χ1) is 15.9. The molecular formula is C26H24N2O5. The van der Waals surface area contributed by atoms with E-state index in [4.69, 9.17) is 4.74 Å². The van der Waals surface area contributed by atoms with E-state index >= 15 is 0 Å². The second kappa shape index (κ2) is 9.56. The van der Waals surface area contributed by atoms with Crippen molar-refractivity contribution in [3.63, 3.8) is 0 Å². The third-order valence-electron chi connectivity index (χ3n) is 5.73. The normalized spacial score (nSPS) is 12.9. The van der Waals surface area contributed by atoms with Crippen LogP contribution in [-0.2, 0) is 14.3 Å². The number of para-hydroxylation sites is 1. The lowest BCUT2D eigenvalue weighted by Gasteiger charge is -2.19. The summed E-state index contributed by atoms with van der Waals surface area (Å²) in [7, 11) is 0. The first-order valence-electron chi connectivity index (χ1n) is 10.6. The quantitative estimate of drug-likeness (QED) is 0.504. The molecule has 0 radical (unpaired) electrons. The number of carboxylic acid groups (broad SMARTS) is 1. The number of hydrogen-bond donors (Lipinski definition) is 3. The smallest absolute Gasteiger partial charge is 0.407 e. The lowest BCUT2D eigenvalue weighted by atomic mass is 9.98. The van der Waals surface area contributed by atoms with Crippen molar-refractivity contribution in [1.82, 2.24) is 5.32 Å². The maximum Gasteiger partial charge on any atom is 0.407 e. The van der Waals surface area contributed by atoms with Crippen molar-refractivity contribution in [3.05, 3.63) is 89.5 Å². The molecule has 4 rings (SSSR count). The topological polar surface area (TPSA) is 105 Å². The second-order valence-electron chi connectivity index (χ2n) is 7.92. The van der Waals surface area contributed by atoms with Gasteiger partial charge >= 0.3 is 12.1 Å². The van der Waals surface area contributed by atoms with Gasteiger partial charge in [-0.15, -0.1) is 0 Å². The SMILES string of the molecule is Cc1ccccc1NC(=O)C(CC(=O)O)NC(=O)OCC1c2ccccc2-c2ccccc21. The molecule has 0 spiro atoms. The minimum Gasteiger partial charge on any atom is -0.481 e. The summed E-state index contributed by atoms with van der Waals surface area (Å²) in [6, 6.07) is 21.7. The van der Waals surface area contributed by atoms with Gasteiger partial charge in [0.25, 0.3) is 0 Å². The summed E-state index contributed by atoms with van der Waals surface area (Å²) in [5.74, 6) is -1.97. The van der Waals surface area contributed by atoms with E-state index in [2.05, 4.69) is 10.6 Å². The number of fused-ring (bicyclic) bond motifs is 3. The van der Waals surface area contributed by atoms with Gasteiger partial charge in [-0.25, -0.2) is 4.79 Å². The Labute approximate surface area is 191 Å². The number of aliphatic carboxylic acids is 1. The molecule has 0 aromatic heterocycles. The zero-order valence-corrected chi connectivity index (χ0v) is 18.1. The average molecular weight is 444 g/mol. The molecule has 1 unspecified atom stereocenters. The summed E-state index contributed by atoms with van der Waals surface area (Å²) >= 11 is 0. The molecular weight excluding hydrogens is 420 g/mol. The number of carboxylic acids is 1. The summed E-state index contributed by atoms with van der Waals surface area (Å²) in [4.78, 5) is 36.5. The second-order valence-corrected chi connectivity index (χ2v) is 7.92. The highest BCUT2D eigenvalue weighted by Gasteiger charge is 2.30. The van der Waals surface area contributed by atoms with Gasteiger partial charge in [-0.1, -0.05) is 66.7 Å². The summed E-state index contributed by atoms with van der Waals surface area (Å²) in [5, 5.41) is 14.3. The van der Waals surface area contributed by atoms with Crippen LogP contribution in [0.5, 0.6) is 0 Å². The van der Waals surface area contributed by atoms with Gasteiger partial charge in [-0.3, -0.25) is 9.59 Å². The fourth-order valence-electron chi connectivity index (χ4n) is 4.10. The lowest BCUT2D eigenvalue weighted by Crippen LogP contribution is -2.45. The van der Waals surface area contributed by atoms with Gasteiger partial charge in [-0.05, 0) is 40.8 Å². The first kappa shape index (κ1) is 22.1. The van der Waals surface area contributed by atoms with E-state index in [1.54, 1.807) is 12.1 Å². The molecule has 7 nitrogen and oxygen atoms in total. The minimum atomic E-state index is -1.28. The molecule has 3 aromatic rings.